The van der Waals surface area contributed by atoms with E-state index in [2.05, 4.69) is 21.2 Å². The fourth-order valence-electron chi connectivity index (χ4n) is 1.63. The maximum Gasteiger partial charge on any atom is 0.326 e. The van der Waals surface area contributed by atoms with Crippen molar-refractivity contribution in [3.05, 3.63) is 28.2 Å². The number of hydrogen-bond donors (Lipinski definition) is 3. The molecule has 1 aromatic rings. The Morgan fingerprint density at radius 2 is 2.10 bits per heavy atom. The summed E-state index contributed by atoms with van der Waals surface area (Å²) in [6, 6.07) is 3.54. The van der Waals surface area contributed by atoms with Crippen LogP contribution in [0.5, 0.6) is 5.75 Å². The number of carboxylic acid groups (broad SMARTS) is 1. The van der Waals surface area contributed by atoms with E-state index in [1.165, 1.54) is 13.2 Å². The fraction of sp³-hybridized carbons (Fsp3) is 0.308. The van der Waals surface area contributed by atoms with Crippen molar-refractivity contribution in [2.24, 2.45) is 5.73 Å². The predicted octanol–water partition coefficient (Wildman–Crippen LogP) is 0.906. The molecule has 0 fully saturated rings. The largest absolute Gasteiger partial charge is 0.496 e. The minimum atomic E-state index is -1.24. The SMILES string of the molecule is COc1cc(Br)ccc1C(=O)N[C@@H](CCC(N)=O)C(=O)O. The summed E-state index contributed by atoms with van der Waals surface area (Å²) in [7, 11) is 1.40. The zero-order valence-electron chi connectivity index (χ0n) is 11.3. The second-order valence-corrected chi connectivity index (χ2v) is 5.13. The molecule has 2 amide bonds. The van der Waals surface area contributed by atoms with E-state index >= 15 is 0 Å². The van der Waals surface area contributed by atoms with Crippen LogP contribution >= 0.6 is 15.9 Å². The number of carbonyl (C=O) groups excluding carboxylic acids is 2. The maximum atomic E-state index is 12.1. The van der Waals surface area contributed by atoms with Gasteiger partial charge in [-0.3, -0.25) is 9.59 Å². The Morgan fingerprint density at radius 3 is 2.62 bits per heavy atom. The standard InChI is InChI=1S/C13H15BrN2O5/c1-21-10-6-7(14)2-3-8(10)12(18)16-9(13(19)20)4-5-11(15)17/h2-3,6,9H,4-5H2,1H3,(H2,15,17)(H,16,18)(H,19,20)/t9-/m0/s1. The Labute approximate surface area is 129 Å². The molecule has 0 saturated carbocycles. The Kier molecular flexibility index (Phi) is 6.16. The first-order valence-corrected chi connectivity index (χ1v) is 6.80. The number of amides is 2. The second-order valence-electron chi connectivity index (χ2n) is 4.21. The van der Waals surface area contributed by atoms with Crippen molar-refractivity contribution >= 4 is 33.7 Å². The van der Waals surface area contributed by atoms with Crippen molar-refractivity contribution in [1.29, 1.82) is 0 Å². The van der Waals surface area contributed by atoms with Gasteiger partial charge < -0.3 is 20.9 Å². The highest BCUT2D eigenvalue weighted by molar-refractivity contribution is 9.10. The number of aliphatic carboxylic acids is 1. The summed E-state index contributed by atoms with van der Waals surface area (Å²) >= 11 is 3.24. The summed E-state index contributed by atoms with van der Waals surface area (Å²) in [5, 5.41) is 11.4. The first kappa shape index (κ1) is 17.0. The first-order valence-electron chi connectivity index (χ1n) is 6.00. The molecule has 1 atom stereocenters. The van der Waals surface area contributed by atoms with Crippen molar-refractivity contribution in [3.8, 4) is 5.75 Å². The summed E-state index contributed by atoms with van der Waals surface area (Å²) in [4.78, 5) is 33.9. The van der Waals surface area contributed by atoms with Gasteiger partial charge in [0.05, 0.1) is 12.7 Å². The van der Waals surface area contributed by atoms with E-state index in [1.54, 1.807) is 12.1 Å². The summed E-state index contributed by atoms with van der Waals surface area (Å²) in [5.41, 5.74) is 5.18. The lowest BCUT2D eigenvalue weighted by Crippen LogP contribution is -2.41. The zero-order valence-corrected chi connectivity index (χ0v) is 12.8. The number of carboxylic acids is 1. The highest BCUT2D eigenvalue weighted by Crippen LogP contribution is 2.23. The molecule has 0 heterocycles. The Balaban J connectivity index is 2.86. The Bertz CT molecular complexity index is 561. The van der Waals surface area contributed by atoms with Crippen LogP contribution in [0, 0.1) is 0 Å². The van der Waals surface area contributed by atoms with Gasteiger partial charge in [0.2, 0.25) is 5.91 Å². The third-order valence-corrected chi connectivity index (χ3v) is 3.18. The molecule has 0 radical (unpaired) electrons. The van der Waals surface area contributed by atoms with Gasteiger partial charge in [-0.25, -0.2) is 4.79 Å². The fourth-order valence-corrected chi connectivity index (χ4v) is 1.97. The van der Waals surface area contributed by atoms with Crippen molar-refractivity contribution in [2.45, 2.75) is 18.9 Å². The van der Waals surface area contributed by atoms with E-state index in [0.29, 0.717) is 5.75 Å². The van der Waals surface area contributed by atoms with Crippen LogP contribution in [0.4, 0.5) is 0 Å². The normalized spacial score (nSPS) is 11.5. The number of ether oxygens (including phenoxy) is 1. The van der Waals surface area contributed by atoms with Gasteiger partial charge in [0.25, 0.3) is 5.91 Å². The lowest BCUT2D eigenvalue weighted by atomic mass is 10.1. The van der Waals surface area contributed by atoms with Crippen LogP contribution in [0.15, 0.2) is 22.7 Å². The third kappa shape index (κ3) is 5.07. The lowest BCUT2D eigenvalue weighted by Gasteiger charge is -2.15. The van der Waals surface area contributed by atoms with Gasteiger partial charge in [-0.15, -0.1) is 0 Å². The third-order valence-electron chi connectivity index (χ3n) is 2.69. The minimum Gasteiger partial charge on any atom is -0.496 e. The molecule has 0 aliphatic heterocycles. The summed E-state index contributed by atoms with van der Waals surface area (Å²) in [6.07, 6.45) is -0.204. The average Bonchev–Trinajstić information content (AvgIpc) is 2.42. The topological polar surface area (TPSA) is 119 Å². The number of hydrogen-bond acceptors (Lipinski definition) is 4. The molecule has 114 valence electrons. The van der Waals surface area contributed by atoms with Crippen LogP contribution in [-0.2, 0) is 9.59 Å². The number of methoxy groups -OCH3 is 1. The van der Waals surface area contributed by atoms with Gasteiger partial charge in [0, 0.05) is 10.9 Å². The summed E-state index contributed by atoms with van der Waals surface area (Å²) in [6.45, 7) is 0. The maximum absolute atomic E-state index is 12.1. The predicted molar refractivity (Wildman–Crippen MR) is 78.0 cm³/mol. The van der Waals surface area contributed by atoms with Crippen LogP contribution in [-0.4, -0.2) is 36.0 Å². The number of carbonyl (C=O) groups is 3. The Hall–Kier alpha value is -2.09. The molecule has 0 spiro atoms. The molecular formula is C13H15BrN2O5. The molecule has 4 N–H and O–H groups in total. The van der Waals surface area contributed by atoms with Crippen molar-refractivity contribution in [2.75, 3.05) is 7.11 Å². The minimum absolute atomic E-state index is 0.0742. The van der Waals surface area contributed by atoms with Crippen molar-refractivity contribution < 1.29 is 24.2 Å². The number of primary amides is 1. The van der Waals surface area contributed by atoms with Gasteiger partial charge in [0.15, 0.2) is 0 Å². The lowest BCUT2D eigenvalue weighted by molar-refractivity contribution is -0.139. The van der Waals surface area contributed by atoms with Crippen LogP contribution in [0.1, 0.15) is 23.2 Å². The van der Waals surface area contributed by atoms with Gasteiger partial charge in [-0.1, -0.05) is 15.9 Å². The molecule has 0 saturated heterocycles. The number of nitrogens with one attached hydrogen (secondary N) is 1. The Morgan fingerprint density at radius 1 is 1.43 bits per heavy atom. The van der Waals surface area contributed by atoms with E-state index < -0.39 is 23.8 Å². The van der Waals surface area contributed by atoms with E-state index in [9.17, 15) is 14.4 Å². The van der Waals surface area contributed by atoms with Gasteiger partial charge in [0.1, 0.15) is 11.8 Å². The summed E-state index contributed by atoms with van der Waals surface area (Å²) < 4.78 is 5.80. The van der Waals surface area contributed by atoms with Crippen LogP contribution in [0.25, 0.3) is 0 Å². The number of rotatable bonds is 7. The monoisotopic (exact) mass is 358 g/mol. The molecule has 7 nitrogen and oxygen atoms in total. The highest BCUT2D eigenvalue weighted by atomic mass is 79.9. The molecule has 0 unspecified atom stereocenters. The molecular weight excluding hydrogens is 344 g/mol. The number of benzene rings is 1. The van der Waals surface area contributed by atoms with E-state index in [0.717, 1.165) is 4.47 Å². The summed E-state index contributed by atoms with van der Waals surface area (Å²) in [5.74, 6) is -2.16. The second kappa shape index (κ2) is 7.63. The average molecular weight is 359 g/mol. The van der Waals surface area contributed by atoms with Gasteiger partial charge in [-0.2, -0.15) is 0 Å². The van der Waals surface area contributed by atoms with Gasteiger partial charge in [-0.05, 0) is 24.6 Å². The van der Waals surface area contributed by atoms with Crippen LogP contribution in [0.3, 0.4) is 0 Å². The zero-order chi connectivity index (χ0) is 16.0. The van der Waals surface area contributed by atoms with E-state index in [1.807, 2.05) is 0 Å². The molecule has 8 heteroatoms. The molecule has 0 aliphatic rings. The number of nitrogens with two attached hydrogens (primary N) is 1. The number of halogens is 1. The van der Waals surface area contributed by atoms with Gasteiger partial charge >= 0.3 is 5.97 Å². The molecule has 1 aromatic carbocycles. The quantitative estimate of drug-likeness (QED) is 0.669. The molecule has 0 aromatic heterocycles. The van der Waals surface area contributed by atoms with E-state index in [4.69, 9.17) is 15.6 Å². The van der Waals surface area contributed by atoms with Crippen LogP contribution in [0.2, 0.25) is 0 Å². The molecule has 0 aliphatic carbocycles. The molecule has 0 bridgehead atoms. The van der Waals surface area contributed by atoms with Crippen molar-refractivity contribution in [1.82, 2.24) is 5.32 Å². The van der Waals surface area contributed by atoms with E-state index in [-0.39, 0.29) is 18.4 Å². The highest BCUT2D eigenvalue weighted by Gasteiger charge is 2.22. The van der Waals surface area contributed by atoms with Crippen LogP contribution < -0.4 is 15.8 Å². The van der Waals surface area contributed by atoms with Crippen molar-refractivity contribution in [3.63, 3.8) is 0 Å². The molecule has 1 rings (SSSR count). The first-order chi connectivity index (χ1) is 9.85. The molecule has 21 heavy (non-hydrogen) atoms. The smallest absolute Gasteiger partial charge is 0.326 e.